The second kappa shape index (κ2) is 3.62. The van der Waals surface area contributed by atoms with Gasteiger partial charge in [-0.2, -0.15) is 0 Å². The smallest absolute Gasteiger partial charge is 0.304 e. The molecule has 2 unspecified atom stereocenters. The van der Waals surface area contributed by atoms with E-state index in [2.05, 4.69) is 0 Å². The van der Waals surface area contributed by atoms with Crippen molar-refractivity contribution in [2.45, 2.75) is 37.9 Å². The molecule has 12 heavy (non-hydrogen) atoms. The first kappa shape index (κ1) is 9.81. The molecule has 0 amide bonds. The number of carbonyl (C=O) groups excluding carboxylic acids is 1. The molecule has 1 saturated heterocycles. The second-order valence-electron chi connectivity index (χ2n) is 3.28. The van der Waals surface area contributed by atoms with Crippen molar-refractivity contribution >= 4 is 17.6 Å². The van der Waals surface area contributed by atoms with Gasteiger partial charge in [0.05, 0.1) is 6.61 Å². The standard InChI is InChI=1S/C8H13ClO3/c1-6(10)12-7-5-8(2,9)3-4-11-7/h7H,3-5H2,1-2H3. The molecule has 70 valence electrons. The summed E-state index contributed by atoms with van der Waals surface area (Å²) in [5.41, 5.74) is 0. The Morgan fingerprint density at radius 2 is 2.42 bits per heavy atom. The van der Waals surface area contributed by atoms with Crippen molar-refractivity contribution in [3.05, 3.63) is 0 Å². The summed E-state index contributed by atoms with van der Waals surface area (Å²) in [6.45, 7) is 3.84. The van der Waals surface area contributed by atoms with Gasteiger partial charge in [-0.15, -0.1) is 11.6 Å². The molecule has 1 aliphatic heterocycles. The lowest BCUT2D eigenvalue weighted by Crippen LogP contribution is -2.36. The first-order chi connectivity index (χ1) is 5.49. The van der Waals surface area contributed by atoms with E-state index in [0.29, 0.717) is 13.0 Å². The maximum atomic E-state index is 10.6. The monoisotopic (exact) mass is 192 g/mol. The van der Waals surface area contributed by atoms with Crippen LogP contribution in [0.1, 0.15) is 26.7 Å². The predicted octanol–water partition coefficient (Wildman–Crippen LogP) is 1.68. The molecule has 0 aromatic rings. The molecule has 0 saturated carbocycles. The van der Waals surface area contributed by atoms with Gasteiger partial charge in [0.15, 0.2) is 0 Å². The van der Waals surface area contributed by atoms with E-state index < -0.39 is 6.29 Å². The largest absolute Gasteiger partial charge is 0.436 e. The van der Waals surface area contributed by atoms with Crippen LogP contribution in [0.3, 0.4) is 0 Å². The highest BCUT2D eigenvalue weighted by atomic mass is 35.5. The molecular weight excluding hydrogens is 180 g/mol. The highest BCUT2D eigenvalue weighted by Gasteiger charge is 2.32. The van der Waals surface area contributed by atoms with Gasteiger partial charge < -0.3 is 9.47 Å². The zero-order valence-corrected chi connectivity index (χ0v) is 8.06. The molecule has 1 heterocycles. The lowest BCUT2D eigenvalue weighted by Gasteiger charge is -2.32. The fraction of sp³-hybridized carbons (Fsp3) is 0.875. The maximum absolute atomic E-state index is 10.6. The summed E-state index contributed by atoms with van der Waals surface area (Å²) in [6, 6.07) is 0. The highest BCUT2D eigenvalue weighted by Crippen LogP contribution is 2.30. The summed E-state index contributed by atoms with van der Waals surface area (Å²) in [6.07, 6.45) is 0.902. The molecule has 0 bridgehead atoms. The summed E-state index contributed by atoms with van der Waals surface area (Å²) in [4.78, 5) is 10.3. The third-order valence-electron chi connectivity index (χ3n) is 1.82. The molecule has 0 aromatic heterocycles. The second-order valence-corrected chi connectivity index (χ2v) is 4.19. The van der Waals surface area contributed by atoms with Gasteiger partial charge in [0.1, 0.15) is 0 Å². The fourth-order valence-electron chi connectivity index (χ4n) is 1.17. The van der Waals surface area contributed by atoms with Crippen LogP contribution in [-0.2, 0) is 14.3 Å². The Kier molecular flexibility index (Phi) is 2.96. The minimum Gasteiger partial charge on any atom is -0.436 e. The van der Waals surface area contributed by atoms with Gasteiger partial charge in [0.25, 0.3) is 0 Å². The van der Waals surface area contributed by atoms with Gasteiger partial charge in [0, 0.05) is 18.2 Å². The zero-order chi connectivity index (χ0) is 9.19. The van der Waals surface area contributed by atoms with Gasteiger partial charge in [-0.3, -0.25) is 4.79 Å². The number of hydrogen-bond acceptors (Lipinski definition) is 3. The Labute approximate surface area is 77.0 Å². The SMILES string of the molecule is CC(=O)OC1CC(C)(Cl)CCO1. The van der Waals surface area contributed by atoms with E-state index in [0.717, 1.165) is 6.42 Å². The molecule has 2 atom stereocenters. The van der Waals surface area contributed by atoms with Crippen LogP contribution in [0.15, 0.2) is 0 Å². The average molecular weight is 193 g/mol. The van der Waals surface area contributed by atoms with Crippen LogP contribution in [0.4, 0.5) is 0 Å². The number of carbonyl (C=O) groups is 1. The van der Waals surface area contributed by atoms with Crippen LogP contribution in [0.25, 0.3) is 0 Å². The van der Waals surface area contributed by atoms with E-state index in [-0.39, 0.29) is 10.8 Å². The number of ether oxygens (including phenoxy) is 2. The van der Waals surface area contributed by atoms with Gasteiger partial charge in [-0.05, 0) is 13.3 Å². The molecule has 0 aliphatic carbocycles. The van der Waals surface area contributed by atoms with E-state index in [1.54, 1.807) is 0 Å². The van der Waals surface area contributed by atoms with Gasteiger partial charge in [0.2, 0.25) is 6.29 Å². The minimum absolute atomic E-state index is 0.293. The molecule has 3 nitrogen and oxygen atoms in total. The Morgan fingerprint density at radius 3 is 2.92 bits per heavy atom. The number of rotatable bonds is 1. The van der Waals surface area contributed by atoms with Crippen LogP contribution in [0.2, 0.25) is 0 Å². The van der Waals surface area contributed by atoms with Crippen LogP contribution in [0, 0.1) is 0 Å². The number of esters is 1. The third-order valence-corrected chi connectivity index (χ3v) is 2.16. The summed E-state index contributed by atoms with van der Waals surface area (Å²) < 4.78 is 10.1. The maximum Gasteiger partial charge on any atom is 0.304 e. The molecule has 0 aromatic carbocycles. The lowest BCUT2D eigenvalue weighted by molar-refractivity contribution is -0.187. The van der Waals surface area contributed by atoms with Crippen molar-refractivity contribution in [2.24, 2.45) is 0 Å². The van der Waals surface area contributed by atoms with Crippen LogP contribution in [0.5, 0.6) is 0 Å². The lowest BCUT2D eigenvalue weighted by atomic mass is 10.0. The highest BCUT2D eigenvalue weighted by molar-refractivity contribution is 6.23. The Hall–Kier alpha value is -0.280. The van der Waals surface area contributed by atoms with E-state index in [1.165, 1.54) is 6.92 Å². The van der Waals surface area contributed by atoms with E-state index >= 15 is 0 Å². The summed E-state index contributed by atoms with van der Waals surface area (Å²) >= 11 is 6.08. The van der Waals surface area contributed by atoms with Crippen LogP contribution < -0.4 is 0 Å². The number of alkyl halides is 1. The van der Waals surface area contributed by atoms with Gasteiger partial charge >= 0.3 is 5.97 Å². The third kappa shape index (κ3) is 2.99. The quantitative estimate of drug-likeness (QED) is 0.469. The zero-order valence-electron chi connectivity index (χ0n) is 7.30. The molecule has 0 radical (unpaired) electrons. The fourth-order valence-corrected chi connectivity index (χ4v) is 1.38. The Morgan fingerprint density at radius 1 is 1.75 bits per heavy atom. The summed E-state index contributed by atoms with van der Waals surface area (Å²) in [5.74, 6) is -0.325. The molecule has 1 aliphatic rings. The molecular formula is C8H13ClO3. The van der Waals surface area contributed by atoms with Crippen LogP contribution in [-0.4, -0.2) is 23.7 Å². The van der Waals surface area contributed by atoms with Crippen molar-refractivity contribution in [3.8, 4) is 0 Å². The molecule has 1 rings (SSSR count). The minimum atomic E-state index is -0.459. The van der Waals surface area contributed by atoms with Crippen molar-refractivity contribution in [3.63, 3.8) is 0 Å². The Balaban J connectivity index is 2.41. The average Bonchev–Trinajstić information content (AvgIpc) is 1.82. The first-order valence-electron chi connectivity index (χ1n) is 3.97. The summed E-state index contributed by atoms with van der Waals surface area (Å²) in [5, 5.41) is 0. The van der Waals surface area contributed by atoms with Gasteiger partial charge in [-0.1, -0.05) is 0 Å². The molecule has 1 fully saturated rings. The van der Waals surface area contributed by atoms with Crippen LogP contribution >= 0.6 is 11.6 Å². The van der Waals surface area contributed by atoms with E-state index in [1.807, 2.05) is 6.92 Å². The topological polar surface area (TPSA) is 35.5 Å². The van der Waals surface area contributed by atoms with Crippen molar-refractivity contribution in [2.75, 3.05) is 6.61 Å². The molecule has 4 heteroatoms. The van der Waals surface area contributed by atoms with E-state index in [9.17, 15) is 4.79 Å². The van der Waals surface area contributed by atoms with Crippen molar-refractivity contribution < 1.29 is 14.3 Å². The normalized spacial score (nSPS) is 36.1. The number of hydrogen-bond donors (Lipinski definition) is 0. The van der Waals surface area contributed by atoms with Crippen molar-refractivity contribution in [1.29, 1.82) is 0 Å². The summed E-state index contributed by atoms with van der Waals surface area (Å²) in [7, 11) is 0. The first-order valence-corrected chi connectivity index (χ1v) is 4.35. The van der Waals surface area contributed by atoms with Crippen molar-refractivity contribution in [1.82, 2.24) is 0 Å². The number of halogens is 1. The predicted molar refractivity (Wildman–Crippen MR) is 45.0 cm³/mol. The molecule has 0 spiro atoms. The Bertz CT molecular complexity index is 179. The molecule has 0 N–H and O–H groups in total. The van der Waals surface area contributed by atoms with Gasteiger partial charge in [-0.25, -0.2) is 0 Å². The van der Waals surface area contributed by atoms with E-state index in [4.69, 9.17) is 21.1 Å².